The third kappa shape index (κ3) is 16.2. The Hall–Kier alpha value is -2.60. The van der Waals surface area contributed by atoms with E-state index in [1.165, 1.54) is 123 Å². The van der Waals surface area contributed by atoms with E-state index in [4.69, 9.17) is 0 Å². The summed E-state index contributed by atoms with van der Waals surface area (Å²) < 4.78 is 146. The Morgan fingerprint density at radius 2 is 0.397 bits per heavy atom. The summed E-state index contributed by atoms with van der Waals surface area (Å²) >= 11 is 0. The van der Waals surface area contributed by atoms with Gasteiger partial charge in [0.15, 0.2) is 0 Å². The summed E-state index contributed by atoms with van der Waals surface area (Å²) in [6.45, 7) is 56.9. The zero-order valence-corrected chi connectivity index (χ0v) is 47.4. The summed E-state index contributed by atoms with van der Waals surface area (Å²) in [5.74, 6) is 0. The first-order chi connectivity index (χ1) is 31.4. The summed E-state index contributed by atoms with van der Waals surface area (Å²) in [6, 6.07) is 4.27. The van der Waals surface area contributed by atoms with Crippen molar-refractivity contribution in [2.24, 2.45) is 0 Å². The van der Waals surface area contributed by atoms with Gasteiger partial charge in [-0.25, -0.2) is 33.7 Å². The summed E-state index contributed by atoms with van der Waals surface area (Å²) in [6.07, 6.45) is 0. The van der Waals surface area contributed by atoms with Gasteiger partial charge >= 0.3 is 0 Å². The van der Waals surface area contributed by atoms with Gasteiger partial charge in [-0.05, 0) is 134 Å². The van der Waals surface area contributed by atoms with Crippen LogP contribution in [-0.4, -0.2) is 175 Å². The lowest BCUT2D eigenvalue weighted by molar-refractivity contribution is -0.921. The van der Waals surface area contributed by atoms with Crippen LogP contribution < -0.4 is 0 Å². The molecule has 4 aromatic rings. The van der Waals surface area contributed by atoms with Gasteiger partial charge in [0.1, 0.15) is 40.5 Å². The second kappa shape index (κ2) is 27.3. The van der Waals surface area contributed by atoms with Crippen molar-refractivity contribution in [2.75, 3.05) is 105 Å². The smallest absolute Gasteiger partial charge is 0.125 e. The third-order valence-corrected chi connectivity index (χ3v) is 19.1. The highest BCUT2D eigenvalue weighted by atomic mass is 32.2. The lowest BCUT2D eigenvalue weighted by Crippen LogP contribution is -2.47. The molecule has 68 heavy (non-hydrogen) atoms. The second-order valence-electron chi connectivity index (χ2n) is 17.1. The van der Waals surface area contributed by atoms with Crippen molar-refractivity contribution < 1.29 is 69.8 Å². The van der Waals surface area contributed by atoms with Gasteiger partial charge in [0, 0.05) is 21.5 Å². The molecular formula is C48H86N4O12S4. The standard InChI is InChI=1S/C16H10O12S4.4C8H20N/c17-29(18,19)11-5-13(31(23,24)25)9-3-4-10-14(32(26,27)28)6-12(30(20,21)22)8-2-1-7(11)15(9)16(8)10;4*1-5-9(6-2,7-3)8-4/h1-6H,(H,17,18,19)(H,20,21,22)(H,23,24,25)(H,26,27,28);4*5-8H2,1-4H3/q;4*+1/p-4. The molecule has 0 aliphatic rings. The Morgan fingerprint density at radius 3 is 0.471 bits per heavy atom. The number of benzene rings is 4. The molecule has 0 aliphatic carbocycles. The molecule has 0 N–H and O–H groups in total. The van der Waals surface area contributed by atoms with Crippen LogP contribution in [-0.2, 0) is 40.5 Å². The molecule has 0 heterocycles. The molecule has 0 saturated carbocycles. The molecule has 20 heteroatoms. The lowest BCUT2D eigenvalue weighted by Gasteiger charge is -2.34. The molecular weight excluding hydrogens is 953 g/mol. The van der Waals surface area contributed by atoms with Crippen LogP contribution in [0, 0.1) is 0 Å². The summed E-state index contributed by atoms with van der Waals surface area (Å²) in [5, 5.41) is -2.90. The zero-order chi connectivity index (χ0) is 53.3. The van der Waals surface area contributed by atoms with Gasteiger partial charge in [0.05, 0.1) is 124 Å². The maximum atomic E-state index is 11.8. The SMILES string of the molecule is CC[N+](CC)(CC)CC.CC[N+](CC)(CC)CC.CC[N+](CC)(CC)CC.CC[N+](CC)(CC)CC.O=S(=O)([O-])c1cc(S(=O)(=O)[O-])c2ccc3c(S(=O)(=O)[O-])cc(S(=O)(=O)[O-])c4ccc1c2c43. The van der Waals surface area contributed by atoms with E-state index in [1.54, 1.807) is 0 Å². The van der Waals surface area contributed by atoms with Crippen LogP contribution in [0.3, 0.4) is 0 Å². The summed E-state index contributed by atoms with van der Waals surface area (Å²) in [7, 11) is -21.6. The Bertz CT molecular complexity index is 2200. The van der Waals surface area contributed by atoms with E-state index in [-0.39, 0.29) is 0 Å². The molecule has 4 aromatic carbocycles. The highest BCUT2D eigenvalue weighted by molar-refractivity contribution is 7.87. The average molecular weight is 1040 g/mol. The van der Waals surface area contributed by atoms with Crippen molar-refractivity contribution >= 4 is 72.8 Å². The average Bonchev–Trinajstić information content (AvgIpc) is 3.31. The molecule has 0 radical (unpaired) electrons. The summed E-state index contributed by atoms with van der Waals surface area (Å²) in [5.41, 5.74) is 0. The number of hydrogen-bond acceptors (Lipinski definition) is 12. The minimum Gasteiger partial charge on any atom is -0.744 e. The molecule has 16 nitrogen and oxygen atoms in total. The van der Waals surface area contributed by atoms with Gasteiger partial charge < -0.3 is 36.1 Å². The molecule has 0 saturated heterocycles. The number of quaternary nitrogens is 4. The van der Waals surface area contributed by atoms with Crippen LogP contribution in [0.5, 0.6) is 0 Å². The quantitative estimate of drug-likeness (QED) is 0.0471. The van der Waals surface area contributed by atoms with Crippen molar-refractivity contribution in [2.45, 2.75) is 130 Å². The number of hydrogen-bond donors (Lipinski definition) is 0. The normalized spacial score (nSPS) is 12.9. The lowest BCUT2D eigenvalue weighted by atomic mass is 9.94. The Morgan fingerprint density at radius 1 is 0.279 bits per heavy atom. The van der Waals surface area contributed by atoms with Crippen molar-refractivity contribution in [1.82, 2.24) is 0 Å². The van der Waals surface area contributed by atoms with Crippen molar-refractivity contribution in [3.8, 4) is 0 Å². The molecule has 0 atom stereocenters. The zero-order valence-electron chi connectivity index (χ0n) is 44.1. The van der Waals surface area contributed by atoms with E-state index in [1.807, 2.05) is 0 Å². The number of rotatable bonds is 20. The maximum Gasteiger partial charge on any atom is 0.125 e. The molecule has 0 bridgehead atoms. The van der Waals surface area contributed by atoms with Crippen LogP contribution in [0.15, 0.2) is 56.0 Å². The fraction of sp³-hybridized carbons (Fsp3) is 0.667. The van der Waals surface area contributed by atoms with Gasteiger partial charge in [0.2, 0.25) is 0 Å². The molecule has 394 valence electrons. The van der Waals surface area contributed by atoms with E-state index in [2.05, 4.69) is 111 Å². The molecule has 0 amide bonds. The van der Waals surface area contributed by atoms with E-state index in [0.717, 1.165) is 24.3 Å². The molecule has 4 rings (SSSR count). The van der Waals surface area contributed by atoms with Gasteiger partial charge in [-0.3, -0.25) is 0 Å². The van der Waals surface area contributed by atoms with Crippen molar-refractivity contribution in [3.63, 3.8) is 0 Å². The fourth-order valence-corrected chi connectivity index (χ4v) is 12.0. The third-order valence-electron chi connectivity index (χ3n) is 15.6. The van der Waals surface area contributed by atoms with Crippen molar-refractivity contribution in [1.29, 1.82) is 0 Å². The van der Waals surface area contributed by atoms with E-state index < -0.39 is 92.4 Å². The first-order valence-electron chi connectivity index (χ1n) is 24.4. The van der Waals surface area contributed by atoms with E-state index in [0.29, 0.717) is 12.1 Å². The Kier molecular flexibility index (Phi) is 26.2. The van der Waals surface area contributed by atoms with Crippen molar-refractivity contribution in [3.05, 3.63) is 36.4 Å². The highest BCUT2D eigenvalue weighted by Gasteiger charge is 2.25. The first kappa shape index (κ1) is 65.4. The van der Waals surface area contributed by atoms with Gasteiger partial charge in [-0.2, -0.15) is 0 Å². The number of nitrogens with zero attached hydrogens (tertiary/aromatic N) is 4. The minimum absolute atomic E-state index is 0.336. The summed E-state index contributed by atoms with van der Waals surface area (Å²) in [4.78, 5) is -4.63. The Labute approximate surface area is 412 Å². The van der Waals surface area contributed by atoms with E-state index in [9.17, 15) is 51.9 Å². The molecule has 0 spiro atoms. The fourth-order valence-electron chi connectivity index (χ4n) is 9.06. The predicted molar refractivity (Wildman–Crippen MR) is 272 cm³/mol. The first-order valence-corrected chi connectivity index (χ1v) is 30.0. The van der Waals surface area contributed by atoms with Crippen LogP contribution in [0.25, 0.3) is 32.3 Å². The molecule has 0 unspecified atom stereocenters. The maximum absolute atomic E-state index is 11.8. The van der Waals surface area contributed by atoms with Crippen LogP contribution in [0.1, 0.15) is 111 Å². The van der Waals surface area contributed by atoms with Crippen LogP contribution in [0.4, 0.5) is 0 Å². The van der Waals surface area contributed by atoms with Crippen LogP contribution in [0.2, 0.25) is 0 Å². The molecule has 0 fully saturated rings. The topological polar surface area (TPSA) is 229 Å². The molecule has 0 aromatic heterocycles. The van der Waals surface area contributed by atoms with Gasteiger partial charge in [-0.1, -0.05) is 24.3 Å². The van der Waals surface area contributed by atoms with Gasteiger partial charge in [0.25, 0.3) is 0 Å². The monoisotopic (exact) mass is 1040 g/mol. The predicted octanol–water partition coefficient (Wildman–Crippen LogP) is 7.73. The second-order valence-corrected chi connectivity index (χ2v) is 22.5. The highest BCUT2D eigenvalue weighted by Crippen LogP contribution is 2.44. The van der Waals surface area contributed by atoms with E-state index >= 15 is 0 Å². The molecule has 0 aliphatic heterocycles. The Balaban J connectivity index is 0.00000101. The van der Waals surface area contributed by atoms with Crippen LogP contribution >= 0.6 is 0 Å². The minimum atomic E-state index is -5.40. The largest absolute Gasteiger partial charge is 0.744 e. The van der Waals surface area contributed by atoms with Gasteiger partial charge in [-0.15, -0.1) is 0 Å².